The quantitative estimate of drug-likeness (QED) is 0.606. The summed E-state index contributed by atoms with van der Waals surface area (Å²) in [7, 11) is 0. The maximum Gasteiger partial charge on any atom is 0.0770 e. The van der Waals surface area contributed by atoms with Gasteiger partial charge in [-0.25, -0.2) is 0 Å². The van der Waals surface area contributed by atoms with Gasteiger partial charge in [0.15, 0.2) is 0 Å². The third-order valence-corrected chi connectivity index (χ3v) is 3.53. The maximum absolute atomic E-state index is 4.64. The summed E-state index contributed by atoms with van der Waals surface area (Å²) in [5.41, 5.74) is 6.79. The second kappa shape index (κ2) is 5.96. The van der Waals surface area contributed by atoms with Gasteiger partial charge >= 0.3 is 0 Å². The van der Waals surface area contributed by atoms with Crippen LogP contribution in [0.1, 0.15) is 31.7 Å². The Morgan fingerprint density at radius 1 is 1.32 bits per heavy atom. The van der Waals surface area contributed by atoms with Crippen LogP contribution in [-0.4, -0.2) is 5.16 Å². The molecular weight excluding hydrogens is 252 g/mol. The van der Waals surface area contributed by atoms with Crippen LogP contribution in [0.15, 0.2) is 46.6 Å². The number of isothiocyanates is 1. The van der Waals surface area contributed by atoms with Crippen molar-refractivity contribution in [3.05, 3.63) is 47.2 Å². The standard InChI is InChI=1S/C16H18N2S/c1-11-5-4-6-12(2)16(11)18-14-7-8-15(17-10-19)13(3)9-14/h7-9,18H,1,4-6H2,2-3H3. The summed E-state index contributed by atoms with van der Waals surface area (Å²) in [5, 5.41) is 5.89. The third-order valence-electron chi connectivity index (χ3n) is 3.44. The Balaban J connectivity index is 2.27. The molecule has 98 valence electrons. The van der Waals surface area contributed by atoms with Crippen molar-refractivity contribution in [3.63, 3.8) is 0 Å². The molecule has 1 aromatic rings. The van der Waals surface area contributed by atoms with Crippen LogP contribution in [0.2, 0.25) is 0 Å². The van der Waals surface area contributed by atoms with Crippen LogP contribution >= 0.6 is 12.2 Å². The first-order valence-electron chi connectivity index (χ1n) is 6.45. The van der Waals surface area contributed by atoms with Gasteiger partial charge in [-0.2, -0.15) is 4.99 Å². The molecule has 0 atom stereocenters. The van der Waals surface area contributed by atoms with Crippen LogP contribution in [0.4, 0.5) is 11.4 Å². The van der Waals surface area contributed by atoms with E-state index in [0.717, 1.165) is 29.8 Å². The van der Waals surface area contributed by atoms with E-state index in [2.05, 4.69) is 47.3 Å². The van der Waals surface area contributed by atoms with Gasteiger partial charge in [-0.3, -0.25) is 0 Å². The highest BCUT2D eigenvalue weighted by Gasteiger charge is 2.13. The maximum atomic E-state index is 4.64. The van der Waals surface area contributed by atoms with Crippen molar-refractivity contribution in [1.82, 2.24) is 0 Å². The number of hydrogen-bond acceptors (Lipinski definition) is 3. The highest BCUT2D eigenvalue weighted by atomic mass is 32.1. The predicted octanol–water partition coefficient (Wildman–Crippen LogP) is 5.16. The second-order valence-corrected chi connectivity index (χ2v) is 5.12. The Morgan fingerprint density at radius 2 is 2.11 bits per heavy atom. The predicted molar refractivity (Wildman–Crippen MR) is 85.2 cm³/mol. The first-order valence-corrected chi connectivity index (χ1v) is 6.86. The summed E-state index contributed by atoms with van der Waals surface area (Å²) in [5.74, 6) is 0. The molecule has 1 aromatic carbocycles. The largest absolute Gasteiger partial charge is 0.355 e. The average molecular weight is 270 g/mol. The topological polar surface area (TPSA) is 24.4 Å². The van der Waals surface area contributed by atoms with Gasteiger partial charge in [-0.15, -0.1) is 0 Å². The van der Waals surface area contributed by atoms with E-state index in [4.69, 9.17) is 0 Å². The van der Waals surface area contributed by atoms with E-state index >= 15 is 0 Å². The minimum Gasteiger partial charge on any atom is -0.355 e. The first kappa shape index (κ1) is 13.7. The molecule has 2 rings (SSSR count). The highest BCUT2D eigenvalue weighted by Crippen LogP contribution is 2.30. The van der Waals surface area contributed by atoms with Crippen molar-refractivity contribution < 1.29 is 0 Å². The Hall–Kier alpha value is -1.70. The van der Waals surface area contributed by atoms with Crippen LogP contribution in [-0.2, 0) is 0 Å². The summed E-state index contributed by atoms with van der Waals surface area (Å²) < 4.78 is 0. The van der Waals surface area contributed by atoms with E-state index in [1.165, 1.54) is 23.3 Å². The number of allylic oxidation sites excluding steroid dienone is 2. The number of thiocarbonyl (C=S) groups is 1. The molecule has 1 N–H and O–H groups in total. The Labute approximate surface area is 119 Å². The normalized spacial score (nSPS) is 15.2. The van der Waals surface area contributed by atoms with Crippen LogP contribution in [0.25, 0.3) is 0 Å². The van der Waals surface area contributed by atoms with Crippen molar-refractivity contribution in [3.8, 4) is 0 Å². The Morgan fingerprint density at radius 3 is 2.74 bits per heavy atom. The molecule has 3 heteroatoms. The number of hydrogen-bond donors (Lipinski definition) is 1. The average Bonchev–Trinajstić information content (AvgIpc) is 2.37. The van der Waals surface area contributed by atoms with Gasteiger partial charge in [0.1, 0.15) is 0 Å². The van der Waals surface area contributed by atoms with Gasteiger partial charge in [0.2, 0.25) is 0 Å². The van der Waals surface area contributed by atoms with E-state index < -0.39 is 0 Å². The van der Waals surface area contributed by atoms with Gasteiger partial charge in [-0.05, 0) is 80.2 Å². The lowest BCUT2D eigenvalue weighted by Gasteiger charge is -2.22. The smallest absolute Gasteiger partial charge is 0.0770 e. The fourth-order valence-corrected chi connectivity index (χ4v) is 2.46. The van der Waals surface area contributed by atoms with E-state index in [9.17, 15) is 0 Å². The molecule has 0 radical (unpaired) electrons. The summed E-state index contributed by atoms with van der Waals surface area (Å²) >= 11 is 4.64. The van der Waals surface area contributed by atoms with E-state index in [-0.39, 0.29) is 0 Å². The highest BCUT2D eigenvalue weighted by molar-refractivity contribution is 7.78. The number of anilines is 1. The molecule has 0 aliphatic heterocycles. The lowest BCUT2D eigenvalue weighted by atomic mass is 9.93. The molecule has 0 amide bonds. The van der Waals surface area contributed by atoms with Gasteiger partial charge in [-0.1, -0.05) is 6.58 Å². The molecule has 0 saturated carbocycles. The number of nitrogens with one attached hydrogen (secondary N) is 1. The van der Waals surface area contributed by atoms with Crippen molar-refractivity contribution in [1.29, 1.82) is 0 Å². The van der Waals surface area contributed by atoms with Crippen LogP contribution in [0.3, 0.4) is 0 Å². The molecule has 1 aliphatic rings. The molecule has 19 heavy (non-hydrogen) atoms. The van der Waals surface area contributed by atoms with Gasteiger partial charge in [0, 0.05) is 11.4 Å². The third kappa shape index (κ3) is 3.19. The molecule has 2 nitrogen and oxygen atoms in total. The van der Waals surface area contributed by atoms with Crippen LogP contribution in [0, 0.1) is 6.92 Å². The zero-order chi connectivity index (χ0) is 13.8. The molecule has 0 aromatic heterocycles. The van der Waals surface area contributed by atoms with Crippen LogP contribution in [0.5, 0.6) is 0 Å². The summed E-state index contributed by atoms with van der Waals surface area (Å²) in [6, 6.07) is 6.05. The number of benzene rings is 1. The number of aliphatic imine (C=N–C) groups is 1. The van der Waals surface area contributed by atoms with E-state index in [1.54, 1.807) is 0 Å². The molecular formula is C16H18N2S. The SMILES string of the molecule is C=C1CCCC(C)=C1Nc1ccc(N=C=S)c(C)c1. The van der Waals surface area contributed by atoms with Gasteiger partial charge < -0.3 is 5.32 Å². The number of aryl methyl sites for hydroxylation is 1. The molecule has 0 spiro atoms. The number of rotatable bonds is 3. The Kier molecular flexibility index (Phi) is 4.31. The minimum atomic E-state index is 0.869. The van der Waals surface area contributed by atoms with Crippen molar-refractivity contribution in [2.75, 3.05) is 5.32 Å². The van der Waals surface area contributed by atoms with Gasteiger partial charge in [0.05, 0.1) is 10.8 Å². The van der Waals surface area contributed by atoms with Gasteiger partial charge in [0.25, 0.3) is 0 Å². The van der Waals surface area contributed by atoms with Crippen molar-refractivity contribution in [2.24, 2.45) is 4.99 Å². The second-order valence-electron chi connectivity index (χ2n) is 4.94. The van der Waals surface area contributed by atoms with E-state index in [0.29, 0.717) is 0 Å². The van der Waals surface area contributed by atoms with Crippen molar-refractivity contribution in [2.45, 2.75) is 33.1 Å². The van der Waals surface area contributed by atoms with E-state index in [1.807, 2.05) is 19.1 Å². The Bertz CT molecular complexity index is 593. The number of nitrogens with zero attached hydrogens (tertiary/aromatic N) is 1. The lowest BCUT2D eigenvalue weighted by Crippen LogP contribution is -2.09. The fourth-order valence-electron chi connectivity index (χ4n) is 2.37. The minimum absolute atomic E-state index is 0.869. The zero-order valence-electron chi connectivity index (χ0n) is 11.4. The van der Waals surface area contributed by atoms with Crippen LogP contribution < -0.4 is 5.32 Å². The zero-order valence-corrected chi connectivity index (χ0v) is 12.2. The first-order chi connectivity index (χ1) is 9.11. The lowest BCUT2D eigenvalue weighted by molar-refractivity contribution is 0.767. The summed E-state index contributed by atoms with van der Waals surface area (Å²) in [6.07, 6.45) is 3.43. The molecule has 0 bridgehead atoms. The van der Waals surface area contributed by atoms with Crippen molar-refractivity contribution >= 4 is 28.8 Å². The molecule has 0 saturated heterocycles. The molecule has 1 aliphatic carbocycles. The molecule has 0 heterocycles. The monoisotopic (exact) mass is 270 g/mol. The molecule has 0 fully saturated rings. The molecule has 0 unspecified atom stereocenters. The summed E-state index contributed by atoms with van der Waals surface area (Å²) in [4.78, 5) is 4.03. The fraction of sp³-hybridized carbons (Fsp3) is 0.312. The summed E-state index contributed by atoms with van der Waals surface area (Å²) in [6.45, 7) is 8.34.